The molecule has 104 valence electrons. The Hall–Kier alpha value is -1.79. The Morgan fingerprint density at radius 1 is 1.45 bits per heavy atom. The van der Waals surface area contributed by atoms with E-state index in [-0.39, 0.29) is 17.3 Å². The maximum Gasteiger partial charge on any atom is 0.275 e. The molecule has 7 heteroatoms. The number of carbonyl (C=O) groups is 1. The molecule has 0 unspecified atom stereocenters. The molecule has 20 heavy (non-hydrogen) atoms. The predicted molar refractivity (Wildman–Crippen MR) is 79.8 cm³/mol. The molecule has 1 aromatic carbocycles. The van der Waals surface area contributed by atoms with Crippen molar-refractivity contribution in [2.45, 2.75) is 18.9 Å². The summed E-state index contributed by atoms with van der Waals surface area (Å²) in [6, 6.07) is 4.96. The number of nitrogens with zero attached hydrogens (tertiary/aromatic N) is 1. The molecule has 1 aromatic heterocycles. The van der Waals surface area contributed by atoms with Gasteiger partial charge >= 0.3 is 0 Å². The van der Waals surface area contributed by atoms with Crippen molar-refractivity contribution in [3.05, 3.63) is 34.3 Å². The van der Waals surface area contributed by atoms with E-state index in [1.807, 2.05) is 0 Å². The first-order chi connectivity index (χ1) is 9.61. The van der Waals surface area contributed by atoms with Crippen molar-refractivity contribution in [2.75, 3.05) is 10.6 Å². The largest absolute Gasteiger partial charge is 0.506 e. The zero-order chi connectivity index (χ0) is 14.1. The van der Waals surface area contributed by atoms with E-state index in [0.29, 0.717) is 16.8 Å². The summed E-state index contributed by atoms with van der Waals surface area (Å²) in [6.45, 7) is 0. The maximum absolute atomic E-state index is 12.0. The minimum Gasteiger partial charge on any atom is -0.506 e. The summed E-state index contributed by atoms with van der Waals surface area (Å²) in [4.78, 5) is 16.3. The first-order valence-electron chi connectivity index (χ1n) is 6.14. The number of nitrogens with one attached hydrogen (secondary N) is 2. The van der Waals surface area contributed by atoms with Crippen LogP contribution in [0.2, 0.25) is 5.02 Å². The minimum atomic E-state index is -0.373. The Morgan fingerprint density at radius 3 is 3.00 bits per heavy atom. The lowest BCUT2D eigenvalue weighted by Gasteiger charge is -2.06. The van der Waals surface area contributed by atoms with Gasteiger partial charge in [-0.1, -0.05) is 11.6 Å². The highest BCUT2D eigenvalue weighted by Gasteiger charge is 2.22. The molecule has 1 amide bonds. The van der Waals surface area contributed by atoms with Gasteiger partial charge in [-0.05, 0) is 31.0 Å². The lowest BCUT2D eigenvalue weighted by Crippen LogP contribution is -2.12. The van der Waals surface area contributed by atoms with E-state index in [0.717, 1.165) is 18.0 Å². The van der Waals surface area contributed by atoms with Gasteiger partial charge in [-0.3, -0.25) is 4.79 Å². The molecule has 1 fully saturated rings. The molecule has 0 spiro atoms. The third kappa shape index (κ3) is 3.02. The number of carbonyl (C=O) groups excluding carboxylic acids is 1. The minimum absolute atomic E-state index is 0.0330. The molecule has 3 N–H and O–H groups in total. The first kappa shape index (κ1) is 13.2. The molecule has 1 saturated carbocycles. The van der Waals surface area contributed by atoms with Gasteiger partial charge in [0, 0.05) is 16.4 Å². The van der Waals surface area contributed by atoms with Gasteiger partial charge in [-0.25, -0.2) is 4.98 Å². The SMILES string of the molecule is O=C(Nc1cc(Cl)ccc1O)c1csc(NC2CC2)n1. The summed E-state index contributed by atoms with van der Waals surface area (Å²) in [5, 5.41) is 18.3. The summed E-state index contributed by atoms with van der Waals surface area (Å²) in [5.41, 5.74) is 0.588. The standard InChI is InChI=1S/C13H12ClN3O2S/c14-7-1-4-11(18)9(5-7)16-12(19)10-6-20-13(17-10)15-8-2-3-8/h1,4-6,8,18H,2-3H2,(H,15,17)(H,16,19). The molecule has 1 heterocycles. The van der Waals surface area contributed by atoms with E-state index in [2.05, 4.69) is 15.6 Å². The van der Waals surface area contributed by atoms with Gasteiger partial charge < -0.3 is 15.7 Å². The van der Waals surface area contributed by atoms with Crippen LogP contribution in [0.25, 0.3) is 0 Å². The number of aromatic hydroxyl groups is 1. The van der Waals surface area contributed by atoms with Crippen molar-refractivity contribution in [3.8, 4) is 5.75 Å². The number of phenols is 1. The quantitative estimate of drug-likeness (QED) is 0.757. The second-order valence-corrected chi connectivity index (χ2v) is 5.87. The Labute approximate surface area is 124 Å². The highest BCUT2D eigenvalue weighted by Crippen LogP contribution is 2.29. The van der Waals surface area contributed by atoms with Crippen molar-refractivity contribution in [3.63, 3.8) is 0 Å². The Kier molecular flexibility index (Phi) is 3.50. The summed E-state index contributed by atoms with van der Waals surface area (Å²) in [5.74, 6) is -0.406. The fourth-order valence-corrected chi connectivity index (χ4v) is 2.58. The molecule has 2 aromatic rings. The van der Waals surface area contributed by atoms with Crippen LogP contribution in [0, 0.1) is 0 Å². The van der Waals surface area contributed by atoms with Gasteiger partial charge in [-0.15, -0.1) is 11.3 Å². The van der Waals surface area contributed by atoms with Crippen LogP contribution in [0.4, 0.5) is 10.8 Å². The first-order valence-corrected chi connectivity index (χ1v) is 7.39. The average molecular weight is 310 g/mol. The fraction of sp³-hybridized carbons (Fsp3) is 0.231. The molecule has 1 aliphatic carbocycles. The number of aromatic nitrogens is 1. The number of phenolic OH excluding ortho intramolecular Hbond substituents is 1. The number of hydrogen-bond donors (Lipinski definition) is 3. The van der Waals surface area contributed by atoms with E-state index in [1.165, 1.54) is 23.5 Å². The highest BCUT2D eigenvalue weighted by atomic mass is 35.5. The van der Waals surface area contributed by atoms with Crippen LogP contribution in [-0.2, 0) is 0 Å². The molecular weight excluding hydrogens is 298 g/mol. The summed E-state index contributed by atoms with van der Waals surface area (Å²) in [7, 11) is 0. The lowest BCUT2D eigenvalue weighted by atomic mass is 10.3. The van der Waals surface area contributed by atoms with Crippen LogP contribution >= 0.6 is 22.9 Å². The van der Waals surface area contributed by atoms with Crippen LogP contribution in [0.1, 0.15) is 23.3 Å². The number of anilines is 2. The van der Waals surface area contributed by atoms with Gasteiger partial charge in [0.25, 0.3) is 5.91 Å². The number of hydrogen-bond acceptors (Lipinski definition) is 5. The smallest absolute Gasteiger partial charge is 0.275 e. The van der Waals surface area contributed by atoms with Crippen molar-refractivity contribution in [1.82, 2.24) is 4.98 Å². The monoisotopic (exact) mass is 309 g/mol. The van der Waals surface area contributed by atoms with E-state index >= 15 is 0 Å². The zero-order valence-corrected chi connectivity index (χ0v) is 12.0. The van der Waals surface area contributed by atoms with Crippen LogP contribution in [-0.4, -0.2) is 22.0 Å². The number of thiazole rings is 1. The normalized spacial score (nSPS) is 14.1. The molecule has 0 aliphatic heterocycles. The van der Waals surface area contributed by atoms with Crippen LogP contribution < -0.4 is 10.6 Å². The molecule has 0 radical (unpaired) electrons. The summed E-state index contributed by atoms with van der Waals surface area (Å²) in [6.07, 6.45) is 2.30. The number of rotatable bonds is 4. The van der Waals surface area contributed by atoms with Gasteiger partial charge in [-0.2, -0.15) is 0 Å². The molecule has 3 rings (SSSR count). The average Bonchev–Trinajstić information content (AvgIpc) is 3.09. The Bertz CT molecular complexity index is 655. The topological polar surface area (TPSA) is 74.2 Å². The summed E-state index contributed by atoms with van der Waals surface area (Å²) < 4.78 is 0. The maximum atomic E-state index is 12.0. The van der Waals surface area contributed by atoms with Crippen LogP contribution in [0.3, 0.4) is 0 Å². The van der Waals surface area contributed by atoms with Crippen molar-refractivity contribution >= 4 is 39.7 Å². The molecule has 5 nitrogen and oxygen atoms in total. The van der Waals surface area contributed by atoms with Crippen molar-refractivity contribution in [1.29, 1.82) is 0 Å². The van der Waals surface area contributed by atoms with Crippen LogP contribution in [0.15, 0.2) is 23.6 Å². The molecule has 0 bridgehead atoms. The zero-order valence-electron chi connectivity index (χ0n) is 10.4. The Morgan fingerprint density at radius 2 is 2.25 bits per heavy atom. The molecule has 0 saturated heterocycles. The molecular formula is C13H12ClN3O2S. The third-order valence-corrected chi connectivity index (χ3v) is 3.86. The van der Waals surface area contributed by atoms with Gasteiger partial charge in [0.2, 0.25) is 0 Å². The second-order valence-electron chi connectivity index (χ2n) is 4.57. The second kappa shape index (κ2) is 5.30. The van der Waals surface area contributed by atoms with Crippen molar-refractivity contribution in [2.24, 2.45) is 0 Å². The van der Waals surface area contributed by atoms with Gasteiger partial charge in [0.1, 0.15) is 11.4 Å². The summed E-state index contributed by atoms with van der Waals surface area (Å²) >= 11 is 7.22. The predicted octanol–water partition coefficient (Wildman–Crippen LogP) is 3.33. The molecule has 0 atom stereocenters. The third-order valence-electron chi connectivity index (χ3n) is 2.85. The van der Waals surface area contributed by atoms with Gasteiger partial charge in [0.15, 0.2) is 5.13 Å². The van der Waals surface area contributed by atoms with E-state index in [9.17, 15) is 9.90 Å². The highest BCUT2D eigenvalue weighted by molar-refractivity contribution is 7.13. The van der Waals surface area contributed by atoms with E-state index < -0.39 is 0 Å². The number of halogens is 1. The van der Waals surface area contributed by atoms with Gasteiger partial charge in [0.05, 0.1) is 5.69 Å². The van der Waals surface area contributed by atoms with E-state index in [1.54, 1.807) is 11.4 Å². The fourth-order valence-electron chi connectivity index (χ4n) is 1.64. The van der Waals surface area contributed by atoms with E-state index in [4.69, 9.17) is 11.6 Å². The Balaban J connectivity index is 1.71. The van der Waals surface area contributed by atoms with Crippen LogP contribution in [0.5, 0.6) is 5.75 Å². The van der Waals surface area contributed by atoms with Crippen molar-refractivity contribution < 1.29 is 9.90 Å². The molecule has 1 aliphatic rings. The lowest BCUT2D eigenvalue weighted by molar-refractivity contribution is 0.102. The number of amides is 1. The number of benzene rings is 1.